The van der Waals surface area contributed by atoms with E-state index in [0.29, 0.717) is 17.7 Å². The minimum atomic E-state index is -0.931. The second-order valence-corrected chi connectivity index (χ2v) is 6.44. The van der Waals surface area contributed by atoms with E-state index in [-0.39, 0.29) is 5.84 Å². The van der Waals surface area contributed by atoms with Crippen molar-refractivity contribution >= 4 is 11.8 Å². The number of aliphatic carboxylic acids is 1. The van der Waals surface area contributed by atoms with Crippen LogP contribution in [0.4, 0.5) is 0 Å². The zero-order chi connectivity index (χ0) is 19.3. The zero-order valence-corrected chi connectivity index (χ0v) is 15.5. The number of unbranched alkanes of at least 4 members (excludes halogenated alkanes) is 1. The van der Waals surface area contributed by atoms with Crippen molar-refractivity contribution < 1.29 is 14.6 Å². The predicted octanol–water partition coefficient (Wildman–Crippen LogP) is 4.28. The van der Waals surface area contributed by atoms with Crippen LogP contribution in [0.5, 0.6) is 5.75 Å². The monoisotopic (exact) mass is 354 g/mol. The van der Waals surface area contributed by atoms with Gasteiger partial charge in [0.2, 0.25) is 0 Å². The molecule has 5 nitrogen and oxygen atoms in total. The Bertz CT molecular complexity index is 798. The van der Waals surface area contributed by atoms with Crippen molar-refractivity contribution in [1.29, 1.82) is 5.41 Å². The van der Waals surface area contributed by atoms with Gasteiger partial charge in [-0.1, -0.05) is 43.7 Å². The summed E-state index contributed by atoms with van der Waals surface area (Å²) in [5, 5.41) is 16.8. The SMILES string of the molecule is CCCCC(Oc1ccc(-c2ccc(C(=N)N)cc2)c(C)c1C)C(=O)O. The molecule has 138 valence electrons. The van der Waals surface area contributed by atoms with Crippen LogP contribution in [0.25, 0.3) is 11.1 Å². The number of benzene rings is 2. The van der Waals surface area contributed by atoms with E-state index in [9.17, 15) is 9.90 Å². The fourth-order valence-electron chi connectivity index (χ4n) is 2.84. The lowest BCUT2D eigenvalue weighted by molar-refractivity contribution is -0.145. The molecule has 5 heteroatoms. The Morgan fingerprint density at radius 2 is 1.81 bits per heavy atom. The van der Waals surface area contributed by atoms with Crippen LogP contribution in [0.3, 0.4) is 0 Å². The second kappa shape index (κ2) is 8.52. The highest BCUT2D eigenvalue weighted by atomic mass is 16.5. The highest BCUT2D eigenvalue weighted by Gasteiger charge is 2.20. The molecule has 0 aliphatic heterocycles. The van der Waals surface area contributed by atoms with Gasteiger partial charge in [-0.25, -0.2) is 4.79 Å². The summed E-state index contributed by atoms with van der Waals surface area (Å²) in [6.45, 7) is 5.97. The molecular weight excluding hydrogens is 328 g/mol. The van der Waals surface area contributed by atoms with Gasteiger partial charge in [-0.15, -0.1) is 0 Å². The second-order valence-electron chi connectivity index (χ2n) is 6.44. The standard InChI is InChI=1S/C21H26N2O3/c1-4-5-6-19(21(24)25)26-18-12-11-17(13(2)14(18)3)15-7-9-16(10-8-15)20(22)23/h7-12,19H,4-6H2,1-3H3,(H3,22,23)(H,24,25). The normalized spacial score (nSPS) is 11.8. The third-order valence-electron chi connectivity index (χ3n) is 4.61. The largest absolute Gasteiger partial charge is 0.479 e. The number of carboxylic acids is 1. The highest BCUT2D eigenvalue weighted by molar-refractivity contribution is 5.95. The summed E-state index contributed by atoms with van der Waals surface area (Å²) in [5.41, 5.74) is 10.2. The van der Waals surface area contributed by atoms with Crippen LogP contribution in [-0.2, 0) is 4.79 Å². The number of nitrogens with one attached hydrogen (secondary N) is 1. The van der Waals surface area contributed by atoms with E-state index >= 15 is 0 Å². The topological polar surface area (TPSA) is 96.4 Å². The fourth-order valence-corrected chi connectivity index (χ4v) is 2.84. The summed E-state index contributed by atoms with van der Waals surface area (Å²) in [5.74, 6) is -0.283. The maximum atomic E-state index is 11.4. The summed E-state index contributed by atoms with van der Waals surface area (Å²) < 4.78 is 5.79. The van der Waals surface area contributed by atoms with Gasteiger partial charge in [0.05, 0.1) is 0 Å². The molecule has 2 aromatic carbocycles. The molecule has 0 spiro atoms. The first kappa shape index (κ1) is 19.5. The van der Waals surface area contributed by atoms with E-state index in [4.69, 9.17) is 15.9 Å². The van der Waals surface area contributed by atoms with Gasteiger partial charge in [-0.2, -0.15) is 0 Å². The lowest BCUT2D eigenvalue weighted by Crippen LogP contribution is -2.27. The average molecular weight is 354 g/mol. The number of hydrogen-bond acceptors (Lipinski definition) is 3. The van der Waals surface area contributed by atoms with E-state index in [1.807, 2.05) is 57.2 Å². The zero-order valence-electron chi connectivity index (χ0n) is 15.5. The summed E-state index contributed by atoms with van der Waals surface area (Å²) in [4.78, 5) is 11.4. The lowest BCUT2D eigenvalue weighted by atomic mass is 9.95. The molecule has 2 aromatic rings. The molecule has 0 saturated heterocycles. The minimum absolute atomic E-state index is 0.0417. The van der Waals surface area contributed by atoms with Crippen LogP contribution in [0.2, 0.25) is 0 Å². The van der Waals surface area contributed by atoms with E-state index in [1.54, 1.807) is 0 Å². The Kier molecular flexibility index (Phi) is 6.39. The summed E-state index contributed by atoms with van der Waals surface area (Å²) in [6, 6.07) is 11.3. The van der Waals surface area contributed by atoms with Gasteiger partial charge < -0.3 is 15.6 Å². The summed E-state index contributed by atoms with van der Waals surface area (Å²) in [7, 11) is 0. The molecule has 0 aliphatic carbocycles. The Morgan fingerprint density at radius 1 is 1.15 bits per heavy atom. The van der Waals surface area contributed by atoms with Crippen molar-refractivity contribution in [3.05, 3.63) is 53.1 Å². The Morgan fingerprint density at radius 3 is 2.35 bits per heavy atom. The number of carboxylic acid groups (broad SMARTS) is 1. The van der Waals surface area contributed by atoms with Crippen LogP contribution >= 0.6 is 0 Å². The molecule has 0 bridgehead atoms. The van der Waals surface area contributed by atoms with Crippen molar-refractivity contribution in [1.82, 2.24) is 0 Å². The van der Waals surface area contributed by atoms with Crippen molar-refractivity contribution in [2.45, 2.75) is 46.1 Å². The third kappa shape index (κ3) is 4.42. The van der Waals surface area contributed by atoms with Gasteiger partial charge >= 0.3 is 5.97 Å². The molecule has 26 heavy (non-hydrogen) atoms. The number of amidine groups is 1. The Balaban J connectivity index is 2.29. The molecule has 0 aliphatic rings. The molecule has 1 unspecified atom stereocenters. The average Bonchev–Trinajstić information content (AvgIpc) is 2.62. The number of nitrogen functional groups attached to an aromatic ring is 1. The van der Waals surface area contributed by atoms with Crippen molar-refractivity contribution in [2.24, 2.45) is 5.73 Å². The number of hydrogen-bond donors (Lipinski definition) is 3. The predicted molar refractivity (Wildman–Crippen MR) is 104 cm³/mol. The van der Waals surface area contributed by atoms with Crippen LogP contribution in [0.1, 0.15) is 42.9 Å². The molecule has 0 saturated carbocycles. The number of carbonyl (C=O) groups is 1. The first-order valence-electron chi connectivity index (χ1n) is 8.79. The minimum Gasteiger partial charge on any atom is -0.479 e. The molecule has 0 fully saturated rings. The van der Waals surface area contributed by atoms with E-state index < -0.39 is 12.1 Å². The molecule has 0 aromatic heterocycles. The molecule has 0 heterocycles. The van der Waals surface area contributed by atoms with Gasteiger partial charge in [-0.05, 0) is 55.0 Å². The van der Waals surface area contributed by atoms with Crippen molar-refractivity contribution in [3.8, 4) is 16.9 Å². The first-order valence-corrected chi connectivity index (χ1v) is 8.79. The van der Waals surface area contributed by atoms with E-state index in [0.717, 1.165) is 35.1 Å². The Hall–Kier alpha value is -2.82. The molecule has 1 atom stereocenters. The van der Waals surface area contributed by atoms with Crippen LogP contribution in [0, 0.1) is 19.3 Å². The molecule has 4 N–H and O–H groups in total. The fraction of sp³-hybridized carbons (Fsp3) is 0.333. The number of nitrogens with two attached hydrogens (primary N) is 1. The van der Waals surface area contributed by atoms with Gasteiger partial charge in [0.1, 0.15) is 11.6 Å². The molecule has 0 amide bonds. The van der Waals surface area contributed by atoms with Crippen molar-refractivity contribution in [3.63, 3.8) is 0 Å². The van der Waals surface area contributed by atoms with Gasteiger partial charge in [0, 0.05) is 5.56 Å². The highest BCUT2D eigenvalue weighted by Crippen LogP contribution is 2.32. The number of ether oxygens (including phenoxy) is 1. The third-order valence-corrected chi connectivity index (χ3v) is 4.61. The van der Waals surface area contributed by atoms with Crippen molar-refractivity contribution in [2.75, 3.05) is 0 Å². The maximum absolute atomic E-state index is 11.4. The smallest absolute Gasteiger partial charge is 0.344 e. The first-order chi connectivity index (χ1) is 12.3. The van der Waals surface area contributed by atoms with Gasteiger partial charge in [0.25, 0.3) is 0 Å². The van der Waals surface area contributed by atoms with Crippen LogP contribution < -0.4 is 10.5 Å². The Labute approximate surface area is 154 Å². The lowest BCUT2D eigenvalue weighted by Gasteiger charge is -2.19. The molecule has 0 radical (unpaired) electrons. The number of rotatable bonds is 8. The van der Waals surface area contributed by atoms with Crippen LogP contribution in [-0.4, -0.2) is 23.0 Å². The quantitative estimate of drug-likeness (QED) is 0.487. The van der Waals surface area contributed by atoms with E-state index in [2.05, 4.69) is 0 Å². The summed E-state index contributed by atoms with van der Waals surface area (Å²) >= 11 is 0. The van der Waals surface area contributed by atoms with Gasteiger partial charge in [0.15, 0.2) is 6.10 Å². The molecular formula is C21H26N2O3. The van der Waals surface area contributed by atoms with Gasteiger partial charge in [-0.3, -0.25) is 5.41 Å². The maximum Gasteiger partial charge on any atom is 0.344 e. The van der Waals surface area contributed by atoms with E-state index in [1.165, 1.54) is 0 Å². The van der Waals surface area contributed by atoms with Crippen LogP contribution in [0.15, 0.2) is 36.4 Å². The summed E-state index contributed by atoms with van der Waals surface area (Å²) in [6.07, 6.45) is 1.42. The molecule has 2 rings (SSSR count).